The minimum atomic E-state index is 0.226. The van der Waals surface area contributed by atoms with Gasteiger partial charge in [-0.1, -0.05) is 18.2 Å². The lowest BCUT2D eigenvalue weighted by molar-refractivity contribution is 0.383. The normalized spacial score (nSPS) is 10.7. The first-order chi connectivity index (χ1) is 6.36. The number of anilines is 1. The minimum Gasteiger partial charge on any atom is -0.466 e. The van der Waals surface area contributed by atoms with Gasteiger partial charge in [0.25, 0.3) is 0 Å². The summed E-state index contributed by atoms with van der Waals surface area (Å²) in [5.41, 5.74) is 6.45. The van der Waals surface area contributed by atoms with Crippen molar-refractivity contribution in [2.24, 2.45) is 10.9 Å². The Morgan fingerprint density at radius 1 is 1.38 bits per heavy atom. The number of hydrazone groups is 1. The average Bonchev–Trinajstić information content (AvgIpc) is 2.21. The molecular weight excluding hydrogens is 168 g/mol. The number of methoxy groups -OCH3 is 1. The Bertz CT molecular complexity index is 273. The number of hydrogen-bond donors (Lipinski definition) is 3. The second-order valence-electron chi connectivity index (χ2n) is 2.25. The molecule has 0 saturated carbocycles. The standard InChI is InChI=1S/C8H12N4O/c1-13-8(10-9)12-11-7-5-3-2-4-6-7/h2-6,11H,9H2,1H3,(H,10,12). The van der Waals surface area contributed by atoms with Gasteiger partial charge >= 0.3 is 6.02 Å². The summed E-state index contributed by atoms with van der Waals surface area (Å²) in [5.74, 6) is 5.01. The van der Waals surface area contributed by atoms with E-state index in [1.165, 1.54) is 7.11 Å². The van der Waals surface area contributed by atoms with Crippen molar-refractivity contribution in [1.82, 2.24) is 5.43 Å². The fourth-order valence-corrected chi connectivity index (χ4v) is 0.783. The van der Waals surface area contributed by atoms with Crippen LogP contribution in [0.3, 0.4) is 0 Å². The zero-order valence-electron chi connectivity index (χ0n) is 7.32. The molecular formula is C8H12N4O. The number of nitrogens with zero attached hydrogens (tertiary/aromatic N) is 1. The van der Waals surface area contributed by atoms with E-state index in [9.17, 15) is 0 Å². The minimum absolute atomic E-state index is 0.226. The predicted octanol–water partition coefficient (Wildman–Crippen LogP) is 0.479. The van der Waals surface area contributed by atoms with Crippen molar-refractivity contribution in [1.29, 1.82) is 0 Å². The molecule has 1 aromatic rings. The molecule has 0 heterocycles. The second kappa shape index (κ2) is 4.87. The van der Waals surface area contributed by atoms with Crippen LogP contribution in [0.25, 0.3) is 0 Å². The maximum Gasteiger partial charge on any atom is 0.325 e. The van der Waals surface area contributed by atoms with E-state index in [1.807, 2.05) is 30.3 Å². The molecule has 5 heteroatoms. The van der Waals surface area contributed by atoms with Crippen LogP contribution in [0.15, 0.2) is 35.4 Å². The van der Waals surface area contributed by atoms with Crippen LogP contribution in [0.4, 0.5) is 5.69 Å². The highest BCUT2D eigenvalue weighted by molar-refractivity contribution is 5.74. The first kappa shape index (κ1) is 9.18. The lowest BCUT2D eigenvalue weighted by Gasteiger charge is -2.08. The van der Waals surface area contributed by atoms with Crippen LogP contribution in [0.1, 0.15) is 0 Å². The van der Waals surface area contributed by atoms with Gasteiger partial charge in [-0.05, 0) is 12.1 Å². The number of hydrogen-bond acceptors (Lipinski definition) is 4. The van der Waals surface area contributed by atoms with Gasteiger partial charge in [0.1, 0.15) is 0 Å². The lowest BCUT2D eigenvalue weighted by atomic mass is 10.3. The van der Waals surface area contributed by atoms with E-state index in [-0.39, 0.29) is 6.02 Å². The van der Waals surface area contributed by atoms with Crippen LogP contribution in [-0.2, 0) is 4.74 Å². The van der Waals surface area contributed by atoms with Gasteiger partial charge in [-0.15, -0.1) is 5.10 Å². The van der Waals surface area contributed by atoms with E-state index >= 15 is 0 Å². The SMILES string of the molecule is CO/C(=N/N)NNc1ccccc1. The first-order valence-electron chi connectivity index (χ1n) is 3.75. The molecule has 70 valence electrons. The zero-order chi connectivity index (χ0) is 9.52. The van der Waals surface area contributed by atoms with Crippen LogP contribution in [0, 0.1) is 0 Å². The first-order valence-corrected chi connectivity index (χ1v) is 3.75. The van der Waals surface area contributed by atoms with Gasteiger partial charge in [0.2, 0.25) is 0 Å². The summed E-state index contributed by atoms with van der Waals surface area (Å²) in [6.07, 6.45) is 0. The monoisotopic (exact) mass is 180 g/mol. The van der Waals surface area contributed by atoms with Gasteiger partial charge in [0.05, 0.1) is 12.8 Å². The summed E-state index contributed by atoms with van der Waals surface area (Å²) in [7, 11) is 1.48. The van der Waals surface area contributed by atoms with Crippen molar-refractivity contribution in [2.75, 3.05) is 12.5 Å². The molecule has 0 fully saturated rings. The molecule has 1 rings (SSSR count). The Kier molecular flexibility index (Phi) is 3.44. The molecule has 4 N–H and O–H groups in total. The van der Waals surface area contributed by atoms with E-state index in [2.05, 4.69) is 16.0 Å². The molecule has 0 aliphatic heterocycles. The second-order valence-corrected chi connectivity index (χ2v) is 2.25. The Morgan fingerprint density at radius 3 is 2.62 bits per heavy atom. The number of hydrazine groups is 1. The molecule has 0 spiro atoms. The van der Waals surface area contributed by atoms with E-state index < -0.39 is 0 Å². The van der Waals surface area contributed by atoms with Gasteiger partial charge in [0.15, 0.2) is 0 Å². The Balaban J connectivity index is 2.43. The molecule has 0 amide bonds. The summed E-state index contributed by atoms with van der Waals surface area (Å²) in [6.45, 7) is 0. The third-order valence-electron chi connectivity index (χ3n) is 1.40. The molecule has 0 bridgehead atoms. The number of rotatable bonds is 2. The van der Waals surface area contributed by atoms with Gasteiger partial charge in [-0.3, -0.25) is 10.9 Å². The van der Waals surface area contributed by atoms with Gasteiger partial charge in [-0.2, -0.15) is 0 Å². The van der Waals surface area contributed by atoms with Crippen LogP contribution in [0.5, 0.6) is 0 Å². The molecule has 0 saturated heterocycles. The lowest BCUT2D eigenvalue weighted by Crippen LogP contribution is -2.31. The number of nitrogens with one attached hydrogen (secondary N) is 2. The smallest absolute Gasteiger partial charge is 0.325 e. The van der Waals surface area contributed by atoms with E-state index in [0.717, 1.165) is 5.69 Å². The van der Waals surface area contributed by atoms with Crippen LogP contribution in [0.2, 0.25) is 0 Å². The Labute approximate surface area is 76.6 Å². The molecule has 13 heavy (non-hydrogen) atoms. The van der Waals surface area contributed by atoms with Gasteiger partial charge < -0.3 is 10.6 Å². The van der Waals surface area contributed by atoms with Crippen molar-refractivity contribution in [2.45, 2.75) is 0 Å². The Morgan fingerprint density at radius 2 is 2.08 bits per heavy atom. The number of nitrogens with two attached hydrogens (primary N) is 1. The molecule has 0 radical (unpaired) electrons. The number of amidine groups is 1. The zero-order valence-corrected chi connectivity index (χ0v) is 7.32. The summed E-state index contributed by atoms with van der Waals surface area (Å²) in [6, 6.07) is 9.78. The van der Waals surface area contributed by atoms with Crippen LogP contribution >= 0.6 is 0 Å². The van der Waals surface area contributed by atoms with E-state index in [1.54, 1.807) is 0 Å². The summed E-state index contributed by atoms with van der Waals surface area (Å²) >= 11 is 0. The average molecular weight is 180 g/mol. The molecule has 0 aliphatic carbocycles. The third kappa shape index (κ3) is 2.90. The van der Waals surface area contributed by atoms with Crippen molar-refractivity contribution >= 4 is 11.7 Å². The summed E-state index contributed by atoms with van der Waals surface area (Å²) in [5, 5.41) is 3.34. The number of para-hydroxylation sites is 1. The van der Waals surface area contributed by atoms with Gasteiger partial charge in [-0.25, -0.2) is 0 Å². The van der Waals surface area contributed by atoms with E-state index in [4.69, 9.17) is 10.6 Å². The fourth-order valence-electron chi connectivity index (χ4n) is 0.783. The quantitative estimate of drug-likeness (QED) is 0.268. The van der Waals surface area contributed by atoms with Crippen molar-refractivity contribution in [3.63, 3.8) is 0 Å². The largest absolute Gasteiger partial charge is 0.466 e. The highest BCUT2D eigenvalue weighted by Crippen LogP contribution is 2.02. The molecule has 0 aliphatic rings. The third-order valence-corrected chi connectivity index (χ3v) is 1.40. The van der Waals surface area contributed by atoms with Crippen molar-refractivity contribution in [3.05, 3.63) is 30.3 Å². The predicted molar refractivity (Wildman–Crippen MR) is 51.8 cm³/mol. The van der Waals surface area contributed by atoms with Crippen molar-refractivity contribution in [3.8, 4) is 0 Å². The topological polar surface area (TPSA) is 71.7 Å². The number of ether oxygens (including phenoxy) is 1. The number of benzene rings is 1. The maximum atomic E-state index is 5.01. The van der Waals surface area contributed by atoms with E-state index in [0.29, 0.717) is 0 Å². The van der Waals surface area contributed by atoms with Crippen molar-refractivity contribution < 1.29 is 4.74 Å². The maximum absolute atomic E-state index is 5.01. The molecule has 5 nitrogen and oxygen atoms in total. The summed E-state index contributed by atoms with van der Waals surface area (Å²) in [4.78, 5) is 0. The molecule has 1 aromatic carbocycles. The molecule has 0 aromatic heterocycles. The summed E-state index contributed by atoms with van der Waals surface area (Å²) < 4.78 is 4.77. The highest BCUT2D eigenvalue weighted by atomic mass is 16.5. The molecule has 0 unspecified atom stereocenters. The fraction of sp³-hybridized carbons (Fsp3) is 0.125. The highest BCUT2D eigenvalue weighted by Gasteiger charge is 1.93. The van der Waals surface area contributed by atoms with Crippen LogP contribution < -0.4 is 16.7 Å². The Hall–Kier alpha value is -1.91. The molecule has 0 atom stereocenters. The van der Waals surface area contributed by atoms with Gasteiger partial charge in [0, 0.05) is 0 Å². The van der Waals surface area contributed by atoms with Crippen LogP contribution in [-0.4, -0.2) is 13.1 Å².